The fourth-order valence-electron chi connectivity index (χ4n) is 2.79. The van der Waals surface area contributed by atoms with Crippen LogP contribution >= 0.6 is 11.8 Å². The summed E-state index contributed by atoms with van der Waals surface area (Å²) in [6, 6.07) is 24.9. The molecule has 3 nitrogen and oxygen atoms in total. The maximum Gasteiger partial charge on any atom is 0.196 e. The molecule has 4 rings (SSSR count). The van der Waals surface area contributed by atoms with Crippen molar-refractivity contribution in [3.8, 4) is 17.1 Å². The minimum absolute atomic E-state index is 0.224. The van der Waals surface area contributed by atoms with Crippen LogP contribution < -0.4 is 0 Å². The second-order valence-corrected chi connectivity index (χ2v) is 7.20. The van der Waals surface area contributed by atoms with Crippen LogP contribution in [0.5, 0.6) is 0 Å². The van der Waals surface area contributed by atoms with Crippen molar-refractivity contribution in [2.75, 3.05) is 0 Å². The van der Waals surface area contributed by atoms with Crippen LogP contribution in [0.3, 0.4) is 0 Å². The summed E-state index contributed by atoms with van der Waals surface area (Å²) in [4.78, 5) is 0. The summed E-state index contributed by atoms with van der Waals surface area (Å²) in [6.45, 7) is 2.07. The first-order valence-electron chi connectivity index (χ1n) is 8.66. The maximum absolute atomic E-state index is 13.1. The average molecular weight is 375 g/mol. The number of hydrogen-bond donors (Lipinski definition) is 0. The van der Waals surface area contributed by atoms with Gasteiger partial charge in [0.1, 0.15) is 5.82 Å². The van der Waals surface area contributed by atoms with E-state index >= 15 is 0 Å². The van der Waals surface area contributed by atoms with E-state index in [0.717, 1.165) is 27.8 Å². The normalized spacial score (nSPS) is 10.9. The van der Waals surface area contributed by atoms with E-state index in [4.69, 9.17) is 0 Å². The SMILES string of the molecule is Cc1ccc(-n2c(SCc3ccc(F)cc3)nnc2-c2ccccc2)cc1. The van der Waals surface area contributed by atoms with Crippen molar-refractivity contribution in [2.45, 2.75) is 17.8 Å². The molecule has 4 aromatic rings. The Balaban J connectivity index is 1.71. The van der Waals surface area contributed by atoms with E-state index < -0.39 is 0 Å². The lowest BCUT2D eigenvalue weighted by Crippen LogP contribution is -2.00. The lowest BCUT2D eigenvalue weighted by molar-refractivity contribution is 0.627. The van der Waals surface area contributed by atoms with Crippen LogP contribution in [0.15, 0.2) is 84.0 Å². The van der Waals surface area contributed by atoms with E-state index in [1.165, 1.54) is 17.7 Å². The van der Waals surface area contributed by atoms with Crippen molar-refractivity contribution in [1.82, 2.24) is 14.8 Å². The smallest absolute Gasteiger partial charge is 0.196 e. The van der Waals surface area contributed by atoms with Crippen LogP contribution in [0.25, 0.3) is 17.1 Å². The van der Waals surface area contributed by atoms with Gasteiger partial charge < -0.3 is 0 Å². The number of nitrogens with zero attached hydrogens (tertiary/aromatic N) is 3. The van der Waals surface area contributed by atoms with E-state index in [1.54, 1.807) is 23.9 Å². The van der Waals surface area contributed by atoms with Crippen molar-refractivity contribution >= 4 is 11.8 Å². The average Bonchev–Trinajstić information content (AvgIpc) is 3.13. The molecular formula is C22H18FN3S. The molecule has 0 saturated heterocycles. The molecule has 1 heterocycles. The minimum atomic E-state index is -0.224. The van der Waals surface area contributed by atoms with Crippen LogP contribution in [0.4, 0.5) is 4.39 Å². The molecule has 0 amide bonds. The Kier molecular flexibility index (Phi) is 5.03. The van der Waals surface area contributed by atoms with E-state index in [9.17, 15) is 4.39 Å². The zero-order valence-corrected chi connectivity index (χ0v) is 15.7. The third-order valence-corrected chi connectivity index (χ3v) is 5.24. The summed E-state index contributed by atoms with van der Waals surface area (Å²) in [6.07, 6.45) is 0. The Bertz CT molecular complexity index is 1030. The van der Waals surface area contributed by atoms with Gasteiger partial charge in [-0.05, 0) is 36.8 Å². The Morgan fingerprint density at radius 1 is 0.852 bits per heavy atom. The molecule has 0 aliphatic rings. The van der Waals surface area contributed by atoms with E-state index in [2.05, 4.69) is 46.0 Å². The van der Waals surface area contributed by atoms with Gasteiger partial charge in [-0.25, -0.2) is 4.39 Å². The molecular weight excluding hydrogens is 357 g/mol. The minimum Gasteiger partial charge on any atom is -0.270 e. The van der Waals surface area contributed by atoms with Crippen molar-refractivity contribution in [3.63, 3.8) is 0 Å². The van der Waals surface area contributed by atoms with Gasteiger partial charge in [-0.2, -0.15) is 0 Å². The van der Waals surface area contributed by atoms with Crippen molar-refractivity contribution in [3.05, 3.63) is 95.8 Å². The Morgan fingerprint density at radius 2 is 1.56 bits per heavy atom. The molecule has 0 radical (unpaired) electrons. The van der Waals surface area contributed by atoms with Crippen molar-refractivity contribution in [2.24, 2.45) is 0 Å². The number of aromatic nitrogens is 3. The zero-order valence-electron chi connectivity index (χ0n) is 14.8. The number of thioether (sulfide) groups is 1. The third kappa shape index (κ3) is 3.93. The Morgan fingerprint density at radius 3 is 2.26 bits per heavy atom. The molecule has 5 heteroatoms. The highest BCUT2D eigenvalue weighted by molar-refractivity contribution is 7.98. The summed E-state index contributed by atoms with van der Waals surface area (Å²) in [5.74, 6) is 1.28. The topological polar surface area (TPSA) is 30.7 Å². The highest BCUT2D eigenvalue weighted by Crippen LogP contribution is 2.29. The monoisotopic (exact) mass is 375 g/mol. The largest absolute Gasteiger partial charge is 0.270 e. The van der Waals surface area contributed by atoms with E-state index in [0.29, 0.717) is 5.75 Å². The molecule has 0 unspecified atom stereocenters. The van der Waals surface area contributed by atoms with Crippen molar-refractivity contribution in [1.29, 1.82) is 0 Å². The second-order valence-electron chi connectivity index (χ2n) is 6.26. The lowest BCUT2D eigenvalue weighted by atomic mass is 10.2. The summed E-state index contributed by atoms with van der Waals surface area (Å²) in [5.41, 5.74) is 4.28. The fraction of sp³-hybridized carbons (Fsp3) is 0.0909. The summed E-state index contributed by atoms with van der Waals surface area (Å²) < 4.78 is 15.2. The van der Waals surface area contributed by atoms with Gasteiger partial charge in [0.2, 0.25) is 0 Å². The summed E-state index contributed by atoms with van der Waals surface area (Å²) >= 11 is 1.59. The highest BCUT2D eigenvalue weighted by Gasteiger charge is 2.16. The molecule has 0 aliphatic carbocycles. The second kappa shape index (κ2) is 7.76. The van der Waals surface area contributed by atoms with Gasteiger partial charge in [0.25, 0.3) is 0 Å². The van der Waals surface area contributed by atoms with Crippen LogP contribution in [-0.4, -0.2) is 14.8 Å². The number of rotatable bonds is 5. The van der Waals surface area contributed by atoms with Gasteiger partial charge >= 0.3 is 0 Å². The molecule has 0 N–H and O–H groups in total. The first-order chi connectivity index (χ1) is 13.2. The maximum atomic E-state index is 13.1. The molecule has 0 atom stereocenters. The third-order valence-electron chi connectivity index (χ3n) is 4.24. The quantitative estimate of drug-likeness (QED) is 0.421. The highest BCUT2D eigenvalue weighted by atomic mass is 32.2. The van der Waals surface area contributed by atoms with Crippen LogP contribution in [0, 0.1) is 12.7 Å². The standard InChI is InChI=1S/C22H18FN3S/c1-16-7-13-20(14-8-16)26-21(18-5-3-2-4-6-18)24-25-22(26)27-15-17-9-11-19(23)12-10-17/h2-14H,15H2,1H3. The number of hydrogen-bond acceptors (Lipinski definition) is 3. The summed E-state index contributed by atoms with van der Waals surface area (Å²) in [7, 11) is 0. The van der Waals surface area contributed by atoms with Gasteiger partial charge in [0.15, 0.2) is 11.0 Å². The Hall–Kier alpha value is -2.92. The molecule has 3 aromatic carbocycles. The van der Waals surface area contributed by atoms with E-state index in [1.807, 2.05) is 30.3 Å². The molecule has 0 aliphatic heterocycles. The fourth-order valence-corrected chi connectivity index (χ4v) is 3.70. The number of aryl methyl sites for hydroxylation is 1. The van der Waals surface area contributed by atoms with Crippen LogP contribution in [-0.2, 0) is 5.75 Å². The summed E-state index contributed by atoms with van der Waals surface area (Å²) in [5, 5.41) is 9.68. The molecule has 0 bridgehead atoms. The lowest BCUT2D eigenvalue weighted by Gasteiger charge is -2.11. The van der Waals surface area contributed by atoms with Gasteiger partial charge in [-0.15, -0.1) is 10.2 Å². The number of halogens is 1. The molecule has 0 spiro atoms. The first-order valence-corrected chi connectivity index (χ1v) is 9.64. The predicted octanol–water partition coefficient (Wildman–Crippen LogP) is 5.67. The van der Waals surface area contributed by atoms with Gasteiger partial charge in [0.05, 0.1) is 0 Å². The number of benzene rings is 3. The molecule has 1 aromatic heterocycles. The molecule has 27 heavy (non-hydrogen) atoms. The van der Waals surface area contributed by atoms with Gasteiger partial charge in [-0.3, -0.25) is 4.57 Å². The molecule has 0 fully saturated rings. The molecule has 0 saturated carbocycles. The first kappa shape index (κ1) is 17.5. The van der Waals surface area contributed by atoms with Crippen LogP contribution in [0.1, 0.15) is 11.1 Å². The van der Waals surface area contributed by atoms with Crippen LogP contribution in [0.2, 0.25) is 0 Å². The van der Waals surface area contributed by atoms with Crippen molar-refractivity contribution < 1.29 is 4.39 Å². The van der Waals surface area contributed by atoms with Gasteiger partial charge in [0, 0.05) is 17.0 Å². The molecule has 134 valence electrons. The van der Waals surface area contributed by atoms with Gasteiger partial charge in [-0.1, -0.05) is 71.9 Å². The van der Waals surface area contributed by atoms with E-state index in [-0.39, 0.29) is 5.82 Å². The zero-order chi connectivity index (χ0) is 18.6. The Labute approximate surface area is 161 Å². The predicted molar refractivity (Wildman–Crippen MR) is 107 cm³/mol.